The number of esters is 3. The molecule has 0 heterocycles. The van der Waals surface area contributed by atoms with Gasteiger partial charge >= 0.3 is 17.9 Å². The molecule has 0 bridgehead atoms. The third-order valence-electron chi connectivity index (χ3n) is 12.1. The zero-order valence-corrected chi connectivity index (χ0v) is 45.9. The SMILES string of the molecule is CC\C=C/C=C\C=C/C=C\C=C/CCCCCC(=O)OCC(COC(=O)CCCCCCCC/C=C\C/C=C\C/C=C\C/C=C\CC)OC(=O)CCCCCCCCC/C=C\CCCCCCCCCC. The molecule has 0 amide bonds. The molecule has 0 N–H and O–H groups in total. The third kappa shape index (κ3) is 56.6. The highest BCUT2D eigenvalue weighted by Gasteiger charge is 2.19. The molecule has 0 saturated carbocycles. The third-order valence-corrected chi connectivity index (χ3v) is 12.1. The van der Waals surface area contributed by atoms with Crippen LogP contribution >= 0.6 is 0 Å². The van der Waals surface area contributed by atoms with Crippen LogP contribution in [0.5, 0.6) is 0 Å². The van der Waals surface area contributed by atoms with Gasteiger partial charge in [-0.3, -0.25) is 14.4 Å². The van der Waals surface area contributed by atoms with E-state index in [1.807, 2.05) is 48.6 Å². The van der Waals surface area contributed by atoms with Gasteiger partial charge in [-0.2, -0.15) is 0 Å². The summed E-state index contributed by atoms with van der Waals surface area (Å²) < 4.78 is 16.8. The van der Waals surface area contributed by atoms with Crippen LogP contribution in [0.25, 0.3) is 0 Å². The molecule has 6 nitrogen and oxygen atoms in total. The van der Waals surface area contributed by atoms with E-state index in [-0.39, 0.29) is 31.1 Å². The van der Waals surface area contributed by atoms with Crippen molar-refractivity contribution in [2.45, 2.75) is 258 Å². The first-order valence-electron chi connectivity index (χ1n) is 29.1. The molecule has 0 aliphatic carbocycles. The Balaban J connectivity index is 4.48. The van der Waals surface area contributed by atoms with E-state index in [0.717, 1.165) is 109 Å². The first kappa shape index (κ1) is 66.8. The summed E-state index contributed by atoms with van der Waals surface area (Å²) in [7, 11) is 0. The van der Waals surface area contributed by atoms with Gasteiger partial charge in [-0.1, -0.05) is 251 Å². The molecule has 0 rings (SSSR count). The minimum Gasteiger partial charge on any atom is -0.462 e. The van der Waals surface area contributed by atoms with Crippen molar-refractivity contribution in [1.82, 2.24) is 0 Å². The van der Waals surface area contributed by atoms with Crippen molar-refractivity contribution in [2.75, 3.05) is 13.2 Å². The number of carbonyl (C=O) groups excluding carboxylic acids is 3. The summed E-state index contributed by atoms with van der Waals surface area (Å²) in [6.45, 7) is 6.33. The number of allylic oxidation sites excluding steroid dienone is 20. The van der Waals surface area contributed by atoms with Crippen LogP contribution in [0.4, 0.5) is 0 Å². The summed E-state index contributed by atoms with van der Waals surface area (Å²) >= 11 is 0. The van der Waals surface area contributed by atoms with E-state index in [4.69, 9.17) is 14.2 Å². The predicted octanol–water partition coefficient (Wildman–Crippen LogP) is 19.6. The Morgan fingerprint density at radius 1 is 0.310 bits per heavy atom. The summed E-state index contributed by atoms with van der Waals surface area (Å²) in [5.41, 5.74) is 0. The van der Waals surface area contributed by atoms with Gasteiger partial charge in [0.2, 0.25) is 0 Å². The van der Waals surface area contributed by atoms with Crippen molar-refractivity contribution in [2.24, 2.45) is 0 Å². The topological polar surface area (TPSA) is 78.9 Å². The quantitative estimate of drug-likeness (QED) is 0.0199. The van der Waals surface area contributed by atoms with Gasteiger partial charge in [-0.15, -0.1) is 0 Å². The molecule has 0 aliphatic heterocycles. The molecule has 1 atom stereocenters. The molecule has 402 valence electrons. The second kappa shape index (κ2) is 58.4. The first-order valence-corrected chi connectivity index (χ1v) is 29.1. The molecule has 0 fully saturated rings. The highest BCUT2D eigenvalue weighted by atomic mass is 16.6. The molecule has 0 radical (unpaired) electrons. The highest BCUT2D eigenvalue weighted by Crippen LogP contribution is 2.15. The van der Waals surface area contributed by atoms with Crippen LogP contribution in [0.3, 0.4) is 0 Å². The maximum atomic E-state index is 12.9. The van der Waals surface area contributed by atoms with Crippen molar-refractivity contribution in [3.05, 3.63) is 122 Å². The van der Waals surface area contributed by atoms with E-state index in [1.165, 1.54) is 103 Å². The summed E-state index contributed by atoms with van der Waals surface area (Å²) in [6.07, 6.45) is 80.4. The van der Waals surface area contributed by atoms with E-state index in [0.29, 0.717) is 19.3 Å². The fraction of sp³-hybridized carbons (Fsp3) is 0.646. The Morgan fingerprint density at radius 3 is 1.06 bits per heavy atom. The minimum atomic E-state index is -0.808. The Hall–Kier alpha value is -4.19. The number of hydrogen-bond donors (Lipinski definition) is 0. The fourth-order valence-electron chi connectivity index (χ4n) is 7.74. The standard InChI is InChI=1S/C65H106O6/c1-4-7-10-13-16-19-22-25-28-30-32-34-37-40-43-46-49-52-55-58-64(67)70-61-62(60-69-63(66)57-54-51-48-45-42-39-36-27-24-21-18-15-12-9-6-3)71-65(68)59-56-53-50-47-44-41-38-35-33-31-29-26-23-20-17-14-11-8-5-2/h7,9-10,12,15-16,18-19,21,24-25,27-28,31-34,36,39,42,62H,4-6,8,11,13-14,17,20,22-23,26,29-30,35,37-38,40-41,43-61H2,1-3H3/b10-7-,12-9-,18-15-,19-16-,24-21-,28-25-,33-31-,34-32-,36-27-,42-39-. The smallest absolute Gasteiger partial charge is 0.306 e. The zero-order chi connectivity index (χ0) is 51.4. The number of unbranched alkanes of at least 4 members (excludes halogenated alkanes) is 24. The van der Waals surface area contributed by atoms with Crippen LogP contribution < -0.4 is 0 Å². The second-order valence-corrected chi connectivity index (χ2v) is 18.9. The molecular weight excluding hydrogens is 877 g/mol. The van der Waals surface area contributed by atoms with E-state index in [9.17, 15) is 14.4 Å². The van der Waals surface area contributed by atoms with Crippen LogP contribution in [-0.2, 0) is 28.6 Å². The van der Waals surface area contributed by atoms with Gasteiger partial charge in [-0.05, 0) is 103 Å². The van der Waals surface area contributed by atoms with Crippen molar-refractivity contribution in [3.8, 4) is 0 Å². The molecule has 0 spiro atoms. The second-order valence-electron chi connectivity index (χ2n) is 18.9. The highest BCUT2D eigenvalue weighted by molar-refractivity contribution is 5.71. The van der Waals surface area contributed by atoms with Gasteiger partial charge in [0.15, 0.2) is 6.10 Å². The lowest BCUT2D eigenvalue weighted by Crippen LogP contribution is -2.30. The monoisotopic (exact) mass is 983 g/mol. The molecule has 0 aliphatic rings. The normalized spacial score (nSPS) is 13.0. The van der Waals surface area contributed by atoms with Gasteiger partial charge < -0.3 is 14.2 Å². The van der Waals surface area contributed by atoms with Gasteiger partial charge in [0.05, 0.1) is 0 Å². The fourth-order valence-corrected chi connectivity index (χ4v) is 7.74. The van der Waals surface area contributed by atoms with Crippen LogP contribution in [0.2, 0.25) is 0 Å². The van der Waals surface area contributed by atoms with E-state index in [1.54, 1.807) is 0 Å². The molecule has 0 saturated heterocycles. The molecule has 0 aromatic heterocycles. The van der Waals surface area contributed by atoms with E-state index >= 15 is 0 Å². The van der Waals surface area contributed by atoms with Gasteiger partial charge in [-0.25, -0.2) is 0 Å². The summed E-state index contributed by atoms with van der Waals surface area (Å²) in [4.78, 5) is 38.2. The molecule has 0 aromatic carbocycles. The van der Waals surface area contributed by atoms with Crippen LogP contribution in [0, 0.1) is 0 Å². The largest absolute Gasteiger partial charge is 0.462 e. The summed E-state index contributed by atoms with van der Waals surface area (Å²) in [5.74, 6) is -0.964. The van der Waals surface area contributed by atoms with Crippen LogP contribution in [0.1, 0.15) is 252 Å². The Bertz CT molecular complexity index is 1500. The average molecular weight is 984 g/mol. The first-order chi connectivity index (χ1) is 35.0. The molecular formula is C65H106O6. The van der Waals surface area contributed by atoms with Crippen molar-refractivity contribution in [1.29, 1.82) is 0 Å². The van der Waals surface area contributed by atoms with Crippen LogP contribution in [0.15, 0.2) is 122 Å². The van der Waals surface area contributed by atoms with Crippen LogP contribution in [-0.4, -0.2) is 37.2 Å². The summed E-state index contributed by atoms with van der Waals surface area (Å²) in [5, 5.41) is 0. The number of ether oxygens (including phenoxy) is 3. The van der Waals surface area contributed by atoms with Gasteiger partial charge in [0.25, 0.3) is 0 Å². The van der Waals surface area contributed by atoms with E-state index < -0.39 is 6.10 Å². The summed E-state index contributed by atoms with van der Waals surface area (Å²) in [6, 6.07) is 0. The van der Waals surface area contributed by atoms with Crippen molar-refractivity contribution in [3.63, 3.8) is 0 Å². The maximum absolute atomic E-state index is 12.9. The minimum absolute atomic E-state index is 0.104. The molecule has 6 heteroatoms. The Kier molecular flexibility index (Phi) is 54.9. The maximum Gasteiger partial charge on any atom is 0.306 e. The molecule has 0 aromatic rings. The lowest BCUT2D eigenvalue weighted by Gasteiger charge is -2.18. The van der Waals surface area contributed by atoms with Gasteiger partial charge in [0, 0.05) is 19.3 Å². The lowest BCUT2D eigenvalue weighted by molar-refractivity contribution is -0.167. The van der Waals surface area contributed by atoms with Crippen molar-refractivity contribution < 1.29 is 28.6 Å². The molecule has 71 heavy (non-hydrogen) atoms. The van der Waals surface area contributed by atoms with Crippen molar-refractivity contribution >= 4 is 17.9 Å². The van der Waals surface area contributed by atoms with Gasteiger partial charge in [0.1, 0.15) is 13.2 Å². The lowest BCUT2D eigenvalue weighted by atomic mass is 10.1. The predicted molar refractivity (Wildman–Crippen MR) is 306 cm³/mol. The molecule has 1 unspecified atom stereocenters. The Morgan fingerprint density at radius 2 is 0.620 bits per heavy atom. The number of rotatable bonds is 51. The van der Waals surface area contributed by atoms with E-state index in [2.05, 4.69) is 93.7 Å². The average Bonchev–Trinajstić information content (AvgIpc) is 3.37. The zero-order valence-electron chi connectivity index (χ0n) is 45.9. The number of carbonyl (C=O) groups is 3. The number of hydrogen-bond acceptors (Lipinski definition) is 6. The Labute approximate surface area is 437 Å².